The maximum absolute atomic E-state index is 5.85. The lowest BCUT2D eigenvalue weighted by atomic mass is 10.2. The average Bonchev–Trinajstić information content (AvgIpc) is 2.36. The third kappa shape index (κ3) is 1.50. The van der Waals surface area contributed by atoms with Crippen molar-refractivity contribution in [1.29, 1.82) is 0 Å². The molecule has 0 radical (unpaired) electrons. The van der Waals surface area contributed by atoms with Crippen LogP contribution >= 0.6 is 0 Å². The number of ether oxygens (including phenoxy) is 1. The topological polar surface area (TPSA) is 39.1 Å². The average molecular weight is 195 g/mol. The Morgan fingerprint density at radius 1 is 1.50 bits per heavy atom. The number of aryl methyl sites for hydroxylation is 2. The van der Waals surface area contributed by atoms with Crippen LogP contribution in [0.5, 0.6) is 5.75 Å². The maximum Gasteiger partial charge on any atom is 0.163 e. The zero-order valence-electron chi connectivity index (χ0n) is 9.00. The second kappa shape index (κ2) is 3.61. The molecule has 78 valence electrons. The van der Waals surface area contributed by atoms with Crippen molar-refractivity contribution in [1.82, 2.24) is 15.1 Å². The van der Waals surface area contributed by atoms with Gasteiger partial charge in [0.15, 0.2) is 5.75 Å². The van der Waals surface area contributed by atoms with E-state index in [1.807, 2.05) is 11.6 Å². The van der Waals surface area contributed by atoms with Gasteiger partial charge in [-0.05, 0) is 20.8 Å². The molecule has 1 aliphatic heterocycles. The molecule has 4 nitrogen and oxygen atoms in total. The minimum absolute atomic E-state index is 0.335. The van der Waals surface area contributed by atoms with E-state index in [0.717, 1.165) is 36.8 Å². The molecule has 0 aliphatic carbocycles. The second-order valence-corrected chi connectivity index (χ2v) is 3.71. The molecular formula is C10H17N3O. The summed E-state index contributed by atoms with van der Waals surface area (Å²) >= 11 is 0. The SMILES string of the molecule is CCn1nc(C)c(OC2CNC2)c1C. The van der Waals surface area contributed by atoms with Crippen molar-refractivity contribution in [2.24, 2.45) is 0 Å². The van der Waals surface area contributed by atoms with E-state index < -0.39 is 0 Å². The first-order valence-corrected chi connectivity index (χ1v) is 5.13. The summed E-state index contributed by atoms with van der Waals surface area (Å²) in [5.74, 6) is 0.971. The van der Waals surface area contributed by atoms with Gasteiger partial charge in [-0.3, -0.25) is 4.68 Å². The van der Waals surface area contributed by atoms with E-state index in [-0.39, 0.29) is 0 Å². The number of rotatable bonds is 3. The van der Waals surface area contributed by atoms with E-state index in [1.54, 1.807) is 0 Å². The Hall–Kier alpha value is -1.03. The van der Waals surface area contributed by atoms with Crippen LogP contribution in [-0.2, 0) is 6.54 Å². The van der Waals surface area contributed by atoms with Gasteiger partial charge in [-0.15, -0.1) is 0 Å². The normalized spacial score (nSPS) is 16.8. The van der Waals surface area contributed by atoms with Crippen LogP contribution in [-0.4, -0.2) is 29.0 Å². The third-order valence-corrected chi connectivity index (χ3v) is 2.64. The van der Waals surface area contributed by atoms with Gasteiger partial charge in [-0.1, -0.05) is 0 Å². The van der Waals surface area contributed by atoms with Gasteiger partial charge in [0.05, 0.1) is 5.69 Å². The number of aromatic nitrogens is 2. The van der Waals surface area contributed by atoms with E-state index in [1.165, 1.54) is 0 Å². The van der Waals surface area contributed by atoms with E-state index >= 15 is 0 Å². The fourth-order valence-electron chi connectivity index (χ4n) is 1.67. The predicted molar refractivity (Wildman–Crippen MR) is 54.7 cm³/mol. The molecule has 0 aromatic carbocycles. The van der Waals surface area contributed by atoms with Gasteiger partial charge in [0.2, 0.25) is 0 Å². The summed E-state index contributed by atoms with van der Waals surface area (Å²) in [5, 5.41) is 7.60. The lowest BCUT2D eigenvalue weighted by Gasteiger charge is -2.27. The number of hydrogen-bond donors (Lipinski definition) is 1. The molecular weight excluding hydrogens is 178 g/mol. The highest BCUT2D eigenvalue weighted by Gasteiger charge is 2.22. The first-order valence-electron chi connectivity index (χ1n) is 5.13. The molecule has 0 amide bonds. The molecule has 1 aliphatic rings. The Labute approximate surface area is 84.3 Å². The van der Waals surface area contributed by atoms with Gasteiger partial charge in [0, 0.05) is 19.6 Å². The van der Waals surface area contributed by atoms with Gasteiger partial charge >= 0.3 is 0 Å². The van der Waals surface area contributed by atoms with Gasteiger partial charge < -0.3 is 10.1 Å². The summed E-state index contributed by atoms with van der Waals surface area (Å²) in [4.78, 5) is 0. The minimum atomic E-state index is 0.335. The largest absolute Gasteiger partial charge is 0.484 e. The van der Waals surface area contributed by atoms with Crippen molar-refractivity contribution < 1.29 is 4.74 Å². The molecule has 1 saturated heterocycles. The lowest BCUT2D eigenvalue weighted by molar-refractivity contribution is 0.140. The van der Waals surface area contributed by atoms with Gasteiger partial charge in [-0.25, -0.2) is 0 Å². The van der Waals surface area contributed by atoms with Crippen molar-refractivity contribution in [2.45, 2.75) is 33.4 Å². The molecule has 0 spiro atoms. The Kier molecular flexibility index (Phi) is 2.46. The van der Waals surface area contributed by atoms with Crippen LogP contribution in [0.15, 0.2) is 0 Å². The van der Waals surface area contributed by atoms with Crippen molar-refractivity contribution in [3.63, 3.8) is 0 Å². The fourth-order valence-corrected chi connectivity index (χ4v) is 1.67. The highest BCUT2D eigenvalue weighted by molar-refractivity contribution is 5.32. The molecule has 1 aromatic rings. The van der Waals surface area contributed by atoms with E-state index in [9.17, 15) is 0 Å². The van der Waals surface area contributed by atoms with E-state index in [4.69, 9.17) is 4.74 Å². The maximum atomic E-state index is 5.85. The zero-order valence-corrected chi connectivity index (χ0v) is 9.00. The van der Waals surface area contributed by atoms with Crippen LogP contribution < -0.4 is 10.1 Å². The molecule has 1 fully saturated rings. The van der Waals surface area contributed by atoms with Crippen molar-refractivity contribution in [3.05, 3.63) is 11.4 Å². The quantitative estimate of drug-likeness (QED) is 0.778. The fraction of sp³-hybridized carbons (Fsp3) is 0.700. The summed E-state index contributed by atoms with van der Waals surface area (Å²) in [7, 11) is 0. The van der Waals surface area contributed by atoms with Gasteiger partial charge in [0.25, 0.3) is 0 Å². The van der Waals surface area contributed by atoms with Crippen LogP contribution in [0, 0.1) is 13.8 Å². The lowest BCUT2D eigenvalue weighted by Crippen LogP contribution is -2.50. The number of nitrogens with one attached hydrogen (secondary N) is 1. The summed E-state index contributed by atoms with van der Waals surface area (Å²) < 4.78 is 7.83. The van der Waals surface area contributed by atoms with E-state index in [0.29, 0.717) is 6.10 Å². The highest BCUT2D eigenvalue weighted by atomic mass is 16.5. The van der Waals surface area contributed by atoms with Crippen molar-refractivity contribution >= 4 is 0 Å². The number of nitrogens with zero attached hydrogens (tertiary/aromatic N) is 2. The monoisotopic (exact) mass is 195 g/mol. The summed E-state index contributed by atoms with van der Waals surface area (Å²) in [6.07, 6.45) is 0.335. The first-order chi connectivity index (χ1) is 6.72. The Balaban J connectivity index is 2.18. The number of hydrogen-bond acceptors (Lipinski definition) is 3. The van der Waals surface area contributed by atoms with Crippen LogP contribution in [0.3, 0.4) is 0 Å². The molecule has 0 saturated carbocycles. The van der Waals surface area contributed by atoms with Crippen LogP contribution in [0.4, 0.5) is 0 Å². The van der Waals surface area contributed by atoms with Gasteiger partial charge in [-0.2, -0.15) is 5.10 Å². The second-order valence-electron chi connectivity index (χ2n) is 3.71. The molecule has 2 heterocycles. The standard InChI is InChI=1S/C10H17N3O/c1-4-13-8(3)10(7(2)12-13)14-9-5-11-6-9/h9,11H,4-6H2,1-3H3. The molecule has 1 N–H and O–H groups in total. The third-order valence-electron chi connectivity index (χ3n) is 2.64. The van der Waals surface area contributed by atoms with Crippen LogP contribution in [0.25, 0.3) is 0 Å². The molecule has 1 aromatic heterocycles. The van der Waals surface area contributed by atoms with Crippen molar-refractivity contribution in [3.8, 4) is 5.75 Å². The first kappa shape index (κ1) is 9.52. The minimum Gasteiger partial charge on any atom is -0.484 e. The zero-order chi connectivity index (χ0) is 10.1. The Morgan fingerprint density at radius 3 is 2.64 bits per heavy atom. The Bertz CT molecular complexity index is 328. The molecule has 14 heavy (non-hydrogen) atoms. The van der Waals surface area contributed by atoms with Crippen LogP contribution in [0.1, 0.15) is 18.3 Å². The summed E-state index contributed by atoms with van der Waals surface area (Å²) in [5.41, 5.74) is 2.13. The molecule has 2 rings (SSSR count). The molecule has 0 atom stereocenters. The molecule has 0 bridgehead atoms. The molecule has 4 heteroatoms. The van der Waals surface area contributed by atoms with Crippen LogP contribution in [0.2, 0.25) is 0 Å². The van der Waals surface area contributed by atoms with Crippen molar-refractivity contribution in [2.75, 3.05) is 13.1 Å². The smallest absolute Gasteiger partial charge is 0.163 e. The highest BCUT2D eigenvalue weighted by Crippen LogP contribution is 2.24. The van der Waals surface area contributed by atoms with Gasteiger partial charge in [0.1, 0.15) is 11.8 Å². The molecule has 0 unspecified atom stereocenters. The summed E-state index contributed by atoms with van der Waals surface area (Å²) in [6, 6.07) is 0. The van der Waals surface area contributed by atoms with E-state index in [2.05, 4.69) is 24.3 Å². The predicted octanol–water partition coefficient (Wildman–Crippen LogP) is 0.870. The summed E-state index contributed by atoms with van der Waals surface area (Å²) in [6.45, 7) is 8.96. The Morgan fingerprint density at radius 2 is 2.21 bits per heavy atom.